The van der Waals surface area contributed by atoms with Crippen LogP contribution in [0.15, 0.2) is 54.6 Å². The molecule has 0 radical (unpaired) electrons. The summed E-state index contributed by atoms with van der Waals surface area (Å²) in [6, 6.07) is 17.3. The highest BCUT2D eigenvalue weighted by Crippen LogP contribution is 2.12. The van der Waals surface area contributed by atoms with E-state index in [-0.39, 0.29) is 5.97 Å². The monoisotopic (exact) mass is 341 g/mol. The largest absolute Gasteiger partial charge is 0.494 e. The van der Waals surface area contributed by atoms with Crippen LogP contribution in [0.4, 0.5) is 5.69 Å². The molecule has 2 aromatic carbocycles. The van der Waals surface area contributed by atoms with Gasteiger partial charge in [-0.25, -0.2) is 4.79 Å². The molecule has 0 heterocycles. The van der Waals surface area contributed by atoms with E-state index in [0.29, 0.717) is 12.2 Å². The van der Waals surface area contributed by atoms with Crippen LogP contribution in [-0.4, -0.2) is 25.7 Å². The highest BCUT2D eigenvalue weighted by atomic mass is 16.5. The van der Waals surface area contributed by atoms with Gasteiger partial charge in [-0.3, -0.25) is 0 Å². The van der Waals surface area contributed by atoms with Crippen LogP contribution in [-0.2, 0) is 4.74 Å². The normalized spacial score (nSPS) is 10.3. The van der Waals surface area contributed by atoms with Crippen molar-refractivity contribution in [1.82, 2.24) is 0 Å². The van der Waals surface area contributed by atoms with E-state index in [1.165, 1.54) is 6.42 Å². The molecule has 0 saturated carbocycles. The molecule has 2 rings (SSSR count). The van der Waals surface area contributed by atoms with Gasteiger partial charge in [0.1, 0.15) is 5.75 Å². The Labute approximate surface area is 150 Å². The third-order valence-corrected chi connectivity index (χ3v) is 3.81. The van der Waals surface area contributed by atoms with Crippen LogP contribution in [0.25, 0.3) is 0 Å². The maximum absolute atomic E-state index is 11.6. The van der Waals surface area contributed by atoms with Gasteiger partial charge in [-0.05, 0) is 56.2 Å². The van der Waals surface area contributed by atoms with E-state index in [9.17, 15) is 4.79 Å². The highest BCUT2D eigenvalue weighted by Gasteiger charge is 2.05. The van der Waals surface area contributed by atoms with Crippen molar-refractivity contribution in [1.29, 1.82) is 0 Å². The predicted molar refractivity (Wildman–Crippen MR) is 101 cm³/mol. The van der Waals surface area contributed by atoms with Gasteiger partial charge in [0.25, 0.3) is 0 Å². The minimum atomic E-state index is -0.272. The zero-order valence-electron chi connectivity index (χ0n) is 14.9. The molecule has 4 heteroatoms. The minimum Gasteiger partial charge on any atom is -0.494 e. The number of ether oxygens (including phenoxy) is 2. The lowest BCUT2D eigenvalue weighted by molar-refractivity contribution is 0.0526. The van der Waals surface area contributed by atoms with Gasteiger partial charge in [-0.1, -0.05) is 31.0 Å². The lowest BCUT2D eigenvalue weighted by Crippen LogP contribution is -2.05. The summed E-state index contributed by atoms with van der Waals surface area (Å²) < 4.78 is 10.6. The molecule has 0 atom stereocenters. The topological polar surface area (TPSA) is 47.6 Å². The first-order valence-corrected chi connectivity index (χ1v) is 8.98. The average molecular weight is 341 g/mol. The molecule has 0 fully saturated rings. The van der Waals surface area contributed by atoms with Crippen molar-refractivity contribution in [2.75, 3.05) is 25.1 Å². The fourth-order valence-corrected chi connectivity index (χ4v) is 2.46. The summed E-state index contributed by atoms with van der Waals surface area (Å²) in [7, 11) is 0. The van der Waals surface area contributed by atoms with E-state index < -0.39 is 0 Å². The molecule has 0 unspecified atom stereocenters. The van der Waals surface area contributed by atoms with E-state index in [2.05, 4.69) is 5.32 Å². The molecule has 0 aliphatic rings. The molecule has 25 heavy (non-hydrogen) atoms. The molecule has 134 valence electrons. The Kier molecular flexibility index (Phi) is 8.39. The lowest BCUT2D eigenvalue weighted by Gasteiger charge is -2.08. The number of hydrogen-bond donors (Lipinski definition) is 1. The third kappa shape index (κ3) is 7.29. The first kappa shape index (κ1) is 18.8. The van der Waals surface area contributed by atoms with Gasteiger partial charge in [0.05, 0.1) is 18.8 Å². The summed E-state index contributed by atoms with van der Waals surface area (Å²) in [6.07, 6.45) is 4.52. The SMILES string of the molecule is CCOC(=O)c1ccc(NCCCCCCOc2ccccc2)cc1. The van der Waals surface area contributed by atoms with Crippen molar-refractivity contribution in [3.63, 3.8) is 0 Å². The van der Waals surface area contributed by atoms with Crippen molar-refractivity contribution in [2.24, 2.45) is 0 Å². The van der Waals surface area contributed by atoms with Crippen LogP contribution in [0.2, 0.25) is 0 Å². The molecule has 0 amide bonds. The van der Waals surface area contributed by atoms with Crippen molar-refractivity contribution in [3.05, 3.63) is 60.2 Å². The van der Waals surface area contributed by atoms with Crippen molar-refractivity contribution in [3.8, 4) is 5.75 Å². The molecule has 4 nitrogen and oxygen atoms in total. The minimum absolute atomic E-state index is 0.272. The molecule has 0 spiro atoms. The Bertz CT molecular complexity index is 611. The van der Waals surface area contributed by atoms with Gasteiger partial charge >= 0.3 is 5.97 Å². The number of unbranched alkanes of at least 4 members (excludes halogenated alkanes) is 3. The Morgan fingerprint density at radius 1 is 0.920 bits per heavy atom. The third-order valence-electron chi connectivity index (χ3n) is 3.81. The van der Waals surface area contributed by atoms with Gasteiger partial charge in [0.15, 0.2) is 0 Å². The standard InChI is InChI=1S/C21H27NO3/c1-2-24-21(23)18-12-14-19(15-13-18)22-16-8-3-4-9-17-25-20-10-6-5-7-11-20/h5-7,10-15,22H,2-4,8-9,16-17H2,1H3. The molecular formula is C21H27NO3. The van der Waals surface area contributed by atoms with Crippen molar-refractivity contribution < 1.29 is 14.3 Å². The maximum Gasteiger partial charge on any atom is 0.338 e. The summed E-state index contributed by atoms with van der Waals surface area (Å²) in [5, 5.41) is 3.38. The van der Waals surface area contributed by atoms with Crippen molar-refractivity contribution in [2.45, 2.75) is 32.6 Å². The van der Waals surface area contributed by atoms with Crippen LogP contribution in [0, 0.1) is 0 Å². The van der Waals surface area contributed by atoms with Gasteiger partial charge in [0, 0.05) is 12.2 Å². The van der Waals surface area contributed by atoms with E-state index in [1.54, 1.807) is 12.1 Å². The second kappa shape index (κ2) is 11.1. The van der Waals surface area contributed by atoms with Gasteiger partial charge in [-0.15, -0.1) is 0 Å². The molecule has 0 bridgehead atoms. The average Bonchev–Trinajstić information content (AvgIpc) is 2.65. The predicted octanol–water partition coefficient (Wildman–Crippen LogP) is 4.91. The molecule has 1 N–H and O–H groups in total. The molecular weight excluding hydrogens is 314 g/mol. The summed E-state index contributed by atoms with van der Waals surface area (Å²) in [5.74, 6) is 0.669. The van der Waals surface area contributed by atoms with E-state index in [0.717, 1.165) is 43.9 Å². The second-order valence-electron chi connectivity index (χ2n) is 5.80. The maximum atomic E-state index is 11.6. The lowest BCUT2D eigenvalue weighted by atomic mass is 10.2. The Hall–Kier alpha value is -2.49. The molecule has 2 aromatic rings. The number of benzene rings is 2. The fraction of sp³-hybridized carbons (Fsp3) is 0.381. The number of esters is 1. The molecule has 0 saturated heterocycles. The number of nitrogens with one attached hydrogen (secondary N) is 1. The van der Waals surface area contributed by atoms with Crippen LogP contribution >= 0.6 is 0 Å². The first-order valence-electron chi connectivity index (χ1n) is 8.98. The van der Waals surface area contributed by atoms with E-state index in [1.807, 2.05) is 49.4 Å². The molecule has 0 aliphatic carbocycles. The second-order valence-corrected chi connectivity index (χ2v) is 5.80. The number of rotatable bonds is 11. The number of para-hydroxylation sites is 1. The molecule has 0 aromatic heterocycles. The Morgan fingerprint density at radius 3 is 2.36 bits per heavy atom. The van der Waals surface area contributed by atoms with Crippen molar-refractivity contribution >= 4 is 11.7 Å². The number of carbonyl (C=O) groups is 1. The summed E-state index contributed by atoms with van der Waals surface area (Å²) in [4.78, 5) is 11.6. The fourth-order valence-electron chi connectivity index (χ4n) is 2.46. The summed E-state index contributed by atoms with van der Waals surface area (Å²) in [5.41, 5.74) is 1.62. The highest BCUT2D eigenvalue weighted by molar-refractivity contribution is 5.89. The van der Waals surface area contributed by atoms with E-state index in [4.69, 9.17) is 9.47 Å². The number of carbonyl (C=O) groups excluding carboxylic acids is 1. The quantitative estimate of drug-likeness (QED) is 0.466. The first-order chi connectivity index (χ1) is 12.3. The van der Waals surface area contributed by atoms with Gasteiger partial charge in [0.2, 0.25) is 0 Å². The van der Waals surface area contributed by atoms with Gasteiger partial charge in [-0.2, -0.15) is 0 Å². The van der Waals surface area contributed by atoms with Gasteiger partial charge < -0.3 is 14.8 Å². The van der Waals surface area contributed by atoms with Crippen LogP contribution in [0.1, 0.15) is 43.0 Å². The van der Waals surface area contributed by atoms with Crippen LogP contribution < -0.4 is 10.1 Å². The van der Waals surface area contributed by atoms with E-state index >= 15 is 0 Å². The van der Waals surface area contributed by atoms with Crippen LogP contribution in [0.5, 0.6) is 5.75 Å². The zero-order valence-corrected chi connectivity index (χ0v) is 14.9. The Balaban J connectivity index is 1.52. The zero-order chi connectivity index (χ0) is 17.7. The summed E-state index contributed by atoms with van der Waals surface area (Å²) >= 11 is 0. The smallest absolute Gasteiger partial charge is 0.338 e. The van der Waals surface area contributed by atoms with Crippen LogP contribution in [0.3, 0.4) is 0 Å². The Morgan fingerprint density at radius 2 is 1.64 bits per heavy atom. The molecule has 0 aliphatic heterocycles. The summed E-state index contributed by atoms with van der Waals surface area (Å²) in [6.45, 7) is 3.90. The number of hydrogen-bond acceptors (Lipinski definition) is 4. The number of anilines is 1.